The van der Waals surface area contributed by atoms with Gasteiger partial charge in [-0.1, -0.05) is 25.1 Å². The third kappa shape index (κ3) is 5.70. The summed E-state index contributed by atoms with van der Waals surface area (Å²) in [4.78, 5) is 12.2. The van der Waals surface area contributed by atoms with E-state index in [9.17, 15) is 31.5 Å². The number of carbonyl (C=O) groups is 1. The van der Waals surface area contributed by atoms with E-state index < -0.39 is 39.0 Å². The van der Waals surface area contributed by atoms with E-state index in [1.54, 1.807) is 6.92 Å². The Balaban J connectivity index is 1.90. The monoisotopic (exact) mass is 393 g/mol. The molecule has 0 spiro atoms. The lowest BCUT2D eigenvalue weighted by Crippen LogP contribution is -2.49. The van der Waals surface area contributed by atoms with Gasteiger partial charge in [0.05, 0.1) is 22.7 Å². The second-order valence-electron chi connectivity index (χ2n) is 6.90. The zero-order valence-electron chi connectivity index (χ0n) is 14.3. The van der Waals surface area contributed by atoms with Crippen LogP contribution in [0, 0.1) is 5.92 Å². The first-order chi connectivity index (χ1) is 11.9. The fraction of sp³-hybridized carbons (Fsp3) is 0.588. The lowest BCUT2D eigenvalue weighted by molar-refractivity contribution is -0.137. The number of hydrogen-bond acceptors (Lipinski definition) is 4. The molecule has 1 saturated heterocycles. The molecule has 1 unspecified atom stereocenters. The van der Waals surface area contributed by atoms with Crippen LogP contribution >= 0.6 is 0 Å². The van der Waals surface area contributed by atoms with Crippen LogP contribution in [0.25, 0.3) is 0 Å². The maximum absolute atomic E-state index is 12.7. The summed E-state index contributed by atoms with van der Waals surface area (Å²) in [5, 5.41) is 12.9. The summed E-state index contributed by atoms with van der Waals surface area (Å²) >= 11 is 0. The number of nitrogens with one attached hydrogen (secondary N) is 1. The van der Waals surface area contributed by atoms with Crippen LogP contribution in [0.1, 0.15) is 30.9 Å². The van der Waals surface area contributed by atoms with Crippen LogP contribution in [0.15, 0.2) is 24.3 Å². The Morgan fingerprint density at radius 1 is 1.31 bits per heavy atom. The molecular weight excluding hydrogens is 371 g/mol. The molecule has 1 atom stereocenters. The highest BCUT2D eigenvalue weighted by Crippen LogP contribution is 2.30. The normalized spacial score (nSPS) is 20.3. The van der Waals surface area contributed by atoms with E-state index in [0.29, 0.717) is 5.56 Å². The molecule has 0 saturated carbocycles. The molecule has 0 radical (unpaired) electrons. The molecule has 1 heterocycles. The minimum Gasteiger partial charge on any atom is -0.388 e. The molecule has 0 bridgehead atoms. The smallest absolute Gasteiger partial charge is 0.388 e. The number of benzene rings is 1. The maximum atomic E-state index is 12.7. The standard InChI is InChI=1S/C17H22F3NO4S/c1-12(9-13-3-2-4-14(10-13)17(18,19)20)15(22)21-11-16(23)5-7-26(24,25)8-6-16/h2-4,10,12,23H,5-9,11H2,1H3,(H,21,22). The Kier molecular flexibility index (Phi) is 6.02. The number of aliphatic hydroxyl groups is 1. The van der Waals surface area contributed by atoms with Gasteiger partial charge in [0.25, 0.3) is 0 Å². The highest BCUT2D eigenvalue weighted by Gasteiger charge is 2.36. The fourth-order valence-corrected chi connectivity index (χ4v) is 4.43. The van der Waals surface area contributed by atoms with Crippen LogP contribution in [-0.2, 0) is 27.2 Å². The lowest BCUT2D eigenvalue weighted by atomic mass is 9.95. The molecule has 5 nitrogen and oxygen atoms in total. The Labute approximate surface area is 150 Å². The molecule has 0 aromatic heterocycles. The predicted molar refractivity (Wildman–Crippen MR) is 90.2 cm³/mol. The van der Waals surface area contributed by atoms with Crippen LogP contribution in [0.3, 0.4) is 0 Å². The quantitative estimate of drug-likeness (QED) is 0.801. The summed E-state index contributed by atoms with van der Waals surface area (Å²) in [6, 6.07) is 4.82. The van der Waals surface area contributed by atoms with Crippen LogP contribution in [0.4, 0.5) is 13.2 Å². The first-order valence-electron chi connectivity index (χ1n) is 8.27. The molecule has 1 aromatic carbocycles. The van der Waals surface area contributed by atoms with E-state index in [4.69, 9.17) is 0 Å². The minimum absolute atomic E-state index is 0.0532. The van der Waals surface area contributed by atoms with Crippen molar-refractivity contribution in [3.8, 4) is 0 Å². The zero-order chi connectivity index (χ0) is 19.6. The average Bonchev–Trinajstić information content (AvgIpc) is 2.55. The average molecular weight is 393 g/mol. The number of hydrogen-bond donors (Lipinski definition) is 2. The Morgan fingerprint density at radius 3 is 2.50 bits per heavy atom. The van der Waals surface area contributed by atoms with Gasteiger partial charge in [-0.3, -0.25) is 4.79 Å². The fourth-order valence-electron chi connectivity index (χ4n) is 2.84. The number of alkyl halides is 3. The summed E-state index contributed by atoms with van der Waals surface area (Å²) in [5.74, 6) is -1.24. The molecule has 2 N–H and O–H groups in total. The van der Waals surface area contributed by atoms with Gasteiger partial charge in [0.2, 0.25) is 5.91 Å². The van der Waals surface area contributed by atoms with Crippen molar-refractivity contribution in [3.05, 3.63) is 35.4 Å². The summed E-state index contributed by atoms with van der Waals surface area (Å²) in [6.45, 7) is 1.51. The highest BCUT2D eigenvalue weighted by molar-refractivity contribution is 7.91. The van der Waals surface area contributed by atoms with Crippen molar-refractivity contribution < 1.29 is 31.5 Å². The predicted octanol–water partition coefficient (Wildman–Crippen LogP) is 1.94. The third-order valence-electron chi connectivity index (χ3n) is 4.59. The third-order valence-corrected chi connectivity index (χ3v) is 6.24. The summed E-state index contributed by atoms with van der Waals surface area (Å²) in [6.07, 6.45) is -4.20. The number of halogens is 3. The SMILES string of the molecule is CC(Cc1cccc(C(F)(F)F)c1)C(=O)NCC1(O)CCS(=O)(=O)CC1. The molecule has 1 aliphatic heterocycles. The number of sulfone groups is 1. The second kappa shape index (κ2) is 7.56. The van der Waals surface area contributed by atoms with E-state index in [0.717, 1.165) is 12.1 Å². The van der Waals surface area contributed by atoms with Crippen molar-refractivity contribution in [2.45, 2.75) is 38.0 Å². The lowest BCUT2D eigenvalue weighted by Gasteiger charge is -2.32. The maximum Gasteiger partial charge on any atom is 0.416 e. The van der Waals surface area contributed by atoms with Crippen LogP contribution in [0.2, 0.25) is 0 Å². The first-order valence-corrected chi connectivity index (χ1v) is 10.1. The molecule has 1 aliphatic rings. The topological polar surface area (TPSA) is 83.5 Å². The molecular formula is C17H22F3NO4S. The van der Waals surface area contributed by atoms with Gasteiger partial charge in [-0.05, 0) is 30.9 Å². The van der Waals surface area contributed by atoms with Gasteiger partial charge in [0.1, 0.15) is 0 Å². The molecule has 2 rings (SSSR count). The molecule has 9 heteroatoms. The van der Waals surface area contributed by atoms with Gasteiger partial charge in [-0.2, -0.15) is 13.2 Å². The van der Waals surface area contributed by atoms with Crippen LogP contribution in [-0.4, -0.2) is 43.1 Å². The molecule has 26 heavy (non-hydrogen) atoms. The van der Waals surface area contributed by atoms with Gasteiger partial charge in [-0.25, -0.2) is 8.42 Å². The van der Waals surface area contributed by atoms with E-state index >= 15 is 0 Å². The summed E-state index contributed by atoms with van der Waals surface area (Å²) in [7, 11) is -3.13. The highest BCUT2D eigenvalue weighted by atomic mass is 32.2. The summed E-state index contributed by atoms with van der Waals surface area (Å²) < 4.78 is 61.0. The molecule has 1 fully saturated rings. The van der Waals surface area contributed by atoms with Crippen LogP contribution < -0.4 is 5.32 Å². The van der Waals surface area contributed by atoms with Gasteiger partial charge in [0, 0.05) is 12.5 Å². The second-order valence-corrected chi connectivity index (χ2v) is 9.20. The van der Waals surface area contributed by atoms with E-state index in [2.05, 4.69) is 5.32 Å². The van der Waals surface area contributed by atoms with Crippen molar-refractivity contribution in [1.29, 1.82) is 0 Å². The Morgan fingerprint density at radius 2 is 1.92 bits per heavy atom. The number of amides is 1. The zero-order valence-corrected chi connectivity index (χ0v) is 15.2. The molecule has 0 aliphatic carbocycles. The van der Waals surface area contributed by atoms with Gasteiger partial charge >= 0.3 is 6.18 Å². The van der Waals surface area contributed by atoms with E-state index in [1.807, 2.05) is 0 Å². The van der Waals surface area contributed by atoms with Crippen molar-refractivity contribution >= 4 is 15.7 Å². The van der Waals surface area contributed by atoms with E-state index in [-0.39, 0.29) is 37.3 Å². The van der Waals surface area contributed by atoms with Crippen molar-refractivity contribution in [2.75, 3.05) is 18.1 Å². The molecule has 146 valence electrons. The number of rotatable bonds is 5. The van der Waals surface area contributed by atoms with Gasteiger partial charge in [-0.15, -0.1) is 0 Å². The largest absolute Gasteiger partial charge is 0.416 e. The number of carbonyl (C=O) groups excluding carboxylic acids is 1. The molecule has 1 amide bonds. The van der Waals surface area contributed by atoms with E-state index in [1.165, 1.54) is 12.1 Å². The van der Waals surface area contributed by atoms with Crippen molar-refractivity contribution in [3.63, 3.8) is 0 Å². The molecule has 1 aromatic rings. The Hall–Kier alpha value is -1.61. The van der Waals surface area contributed by atoms with Crippen molar-refractivity contribution in [1.82, 2.24) is 5.32 Å². The van der Waals surface area contributed by atoms with Crippen LogP contribution in [0.5, 0.6) is 0 Å². The Bertz CT molecular complexity index is 748. The van der Waals surface area contributed by atoms with Gasteiger partial charge in [0.15, 0.2) is 9.84 Å². The summed E-state index contributed by atoms with van der Waals surface area (Å²) in [5.41, 5.74) is -1.64. The minimum atomic E-state index is -4.44. The van der Waals surface area contributed by atoms with Gasteiger partial charge < -0.3 is 10.4 Å². The van der Waals surface area contributed by atoms with Crippen molar-refractivity contribution in [2.24, 2.45) is 5.92 Å². The first kappa shape index (κ1) is 20.7.